The van der Waals surface area contributed by atoms with Crippen molar-refractivity contribution in [2.45, 2.75) is 32.9 Å². The van der Waals surface area contributed by atoms with E-state index >= 15 is 0 Å². The van der Waals surface area contributed by atoms with E-state index in [-0.39, 0.29) is 12.0 Å². The predicted octanol–water partition coefficient (Wildman–Crippen LogP) is 1.17. The van der Waals surface area contributed by atoms with E-state index in [0.717, 1.165) is 5.69 Å². The highest BCUT2D eigenvalue weighted by molar-refractivity contribution is 5.73. The van der Waals surface area contributed by atoms with Gasteiger partial charge in [0.05, 0.1) is 12.0 Å². The summed E-state index contributed by atoms with van der Waals surface area (Å²) >= 11 is 0. The van der Waals surface area contributed by atoms with Gasteiger partial charge in [-0.15, -0.1) is 0 Å². The molecule has 0 aliphatic carbocycles. The molecule has 0 amide bonds. The van der Waals surface area contributed by atoms with Crippen LogP contribution < -0.4 is 5.32 Å². The molecule has 0 radical (unpaired) electrons. The number of rotatable bonds is 5. The van der Waals surface area contributed by atoms with Gasteiger partial charge in [0.2, 0.25) is 0 Å². The summed E-state index contributed by atoms with van der Waals surface area (Å²) < 4.78 is 0. The number of imidazole rings is 1. The Kier molecular flexibility index (Phi) is 3.85. The van der Waals surface area contributed by atoms with Gasteiger partial charge in [-0.2, -0.15) is 0 Å². The van der Waals surface area contributed by atoms with Crippen LogP contribution in [0.3, 0.4) is 0 Å². The lowest BCUT2D eigenvalue weighted by molar-refractivity contribution is -0.140. The predicted molar refractivity (Wildman–Crippen MR) is 56.4 cm³/mol. The third-order valence-electron chi connectivity index (χ3n) is 2.35. The molecule has 15 heavy (non-hydrogen) atoms. The summed E-state index contributed by atoms with van der Waals surface area (Å²) in [5, 5.41) is 12.0. The van der Waals surface area contributed by atoms with Gasteiger partial charge in [-0.1, -0.05) is 13.8 Å². The van der Waals surface area contributed by atoms with E-state index in [1.165, 1.54) is 0 Å². The molecule has 3 N–H and O–H groups in total. The number of hydrogen-bond donors (Lipinski definition) is 3. The van der Waals surface area contributed by atoms with E-state index in [4.69, 9.17) is 5.11 Å². The average Bonchev–Trinajstić information content (AvgIpc) is 2.65. The van der Waals surface area contributed by atoms with Gasteiger partial charge >= 0.3 is 5.97 Å². The number of carboxylic acid groups (broad SMARTS) is 1. The molecule has 1 unspecified atom stereocenters. The molecule has 0 fully saturated rings. The Morgan fingerprint density at radius 1 is 1.53 bits per heavy atom. The molecular weight excluding hydrogens is 194 g/mol. The number of aliphatic carboxylic acids is 1. The number of aromatic nitrogens is 2. The maximum absolute atomic E-state index is 11.0. The second-order valence-electron chi connectivity index (χ2n) is 3.96. The Hall–Kier alpha value is -1.36. The Bertz CT molecular complexity index is 308. The van der Waals surface area contributed by atoms with Crippen molar-refractivity contribution in [1.82, 2.24) is 15.3 Å². The van der Waals surface area contributed by atoms with Gasteiger partial charge in [-0.25, -0.2) is 4.98 Å². The zero-order chi connectivity index (χ0) is 11.4. The van der Waals surface area contributed by atoms with Crippen molar-refractivity contribution in [3.05, 3.63) is 18.2 Å². The molecule has 0 spiro atoms. The minimum Gasteiger partial charge on any atom is -0.480 e. The fourth-order valence-corrected chi connectivity index (χ4v) is 1.41. The highest BCUT2D eigenvalue weighted by Gasteiger charge is 2.23. The second-order valence-corrected chi connectivity index (χ2v) is 3.96. The number of carboxylic acids is 1. The molecule has 1 rings (SSSR count). The standard InChI is InChI=1S/C10H17N3O2/c1-6(2)9(10(14)15)13-7(3)8-4-11-5-12-8/h4-7,9,13H,1-3H3,(H,11,12)(H,14,15)/t7?,9-/m0/s1. The summed E-state index contributed by atoms with van der Waals surface area (Å²) in [6, 6.07) is -0.584. The lowest BCUT2D eigenvalue weighted by atomic mass is 10.0. The Labute approximate surface area is 88.9 Å². The molecule has 0 bridgehead atoms. The van der Waals surface area contributed by atoms with Crippen molar-refractivity contribution >= 4 is 5.97 Å². The topological polar surface area (TPSA) is 78.0 Å². The van der Waals surface area contributed by atoms with Gasteiger partial charge in [0, 0.05) is 12.2 Å². The van der Waals surface area contributed by atoms with Gasteiger partial charge in [-0.3, -0.25) is 10.1 Å². The van der Waals surface area contributed by atoms with Crippen LogP contribution in [0.5, 0.6) is 0 Å². The maximum atomic E-state index is 11.0. The number of nitrogens with zero attached hydrogens (tertiary/aromatic N) is 1. The quantitative estimate of drug-likeness (QED) is 0.683. The van der Waals surface area contributed by atoms with Gasteiger partial charge in [-0.05, 0) is 12.8 Å². The van der Waals surface area contributed by atoms with Crippen LogP contribution >= 0.6 is 0 Å². The lowest BCUT2D eigenvalue weighted by Crippen LogP contribution is -2.42. The van der Waals surface area contributed by atoms with E-state index in [1.807, 2.05) is 20.8 Å². The van der Waals surface area contributed by atoms with Crippen LogP contribution in [0, 0.1) is 5.92 Å². The lowest BCUT2D eigenvalue weighted by Gasteiger charge is -2.22. The first-order valence-corrected chi connectivity index (χ1v) is 4.99. The van der Waals surface area contributed by atoms with Gasteiger partial charge < -0.3 is 10.1 Å². The van der Waals surface area contributed by atoms with E-state index in [0.29, 0.717) is 0 Å². The van der Waals surface area contributed by atoms with Crippen LogP contribution in [-0.2, 0) is 4.79 Å². The molecule has 0 aromatic carbocycles. The molecule has 0 aliphatic heterocycles. The zero-order valence-electron chi connectivity index (χ0n) is 9.19. The fraction of sp³-hybridized carbons (Fsp3) is 0.600. The van der Waals surface area contributed by atoms with Crippen molar-refractivity contribution in [3.8, 4) is 0 Å². The number of H-pyrrole nitrogens is 1. The first-order valence-electron chi connectivity index (χ1n) is 4.99. The van der Waals surface area contributed by atoms with Crippen molar-refractivity contribution in [1.29, 1.82) is 0 Å². The minimum absolute atomic E-state index is 0.0454. The van der Waals surface area contributed by atoms with Gasteiger partial charge in [0.25, 0.3) is 0 Å². The first kappa shape index (κ1) is 11.7. The van der Waals surface area contributed by atoms with E-state index in [1.54, 1.807) is 12.5 Å². The largest absolute Gasteiger partial charge is 0.480 e. The summed E-state index contributed by atoms with van der Waals surface area (Å²) in [6.07, 6.45) is 3.27. The normalized spacial score (nSPS) is 15.2. The van der Waals surface area contributed by atoms with Crippen molar-refractivity contribution in [2.24, 2.45) is 5.92 Å². The van der Waals surface area contributed by atoms with E-state index < -0.39 is 12.0 Å². The zero-order valence-corrected chi connectivity index (χ0v) is 9.19. The first-order chi connectivity index (χ1) is 7.02. The minimum atomic E-state index is -0.823. The molecule has 1 aromatic heterocycles. The number of carbonyl (C=O) groups is 1. The van der Waals surface area contributed by atoms with Crippen LogP contribution in [0.4, 0.5) is 0 Å². The number of aromatic amines is 1. The maximum Gasteiger partial charge on any atom is 0.320 e. The number of hydrogen-bond acceptors (Lipinski definition) is 3. The summed E-state index contributed by atoms with van der Waals surface area (Å²) in [5.74, 6) is -0.774. The highest BCUT2D eigenvalue weighted by Crippen LogP contribution is 2.12. The Morgan fingerprint density at radius 2 is 2.20 bits per heavy atom. The fourth-order valence-electron chi connectivity index (χ4n) is 1.41. The number of nitrogens with one attached hydrogen (secondary N) is 2. The molecular formula is C10H17N3O2. The van der Waals surface area contributed by atoms with Gasteiger partial charge in [0.1, 0.15) is 6.04 Å². The van der Waals surface area contributed by atoms with Crippen molar-refractivity contribution in [3.63, 3.8) is 0 Å². The molecule has 84 valence electrons. The van der Waals surface area contributed by atoms with Crippen LogP contribution in [0.15, 0.2) is 12.5 Å². The Morgan fingerprint density at radius 3 is 2.60 bits per heavy atom. The average molecular weight is 211 g/mol. The van der Waals surface area contributed by atoms with Crippen molar-refractivity contribution < 1.29 is 9.90 Å². The van der Waals surface area contributed by atoms with Crippen LogP contribution in [0.1, 0.15) is 32.5 Å². The molecule has 0 aliphatic rings. The molecule has 1 aromatic rings. The summed E-state index contributed by atoms with van der Waals surface area (Å²) in [5.41, 5.74) is 0.891. The molecule has 0 saturated heterocycles. The SMILES string of the molecule is CC(N[C@H](C(=O)O)C(C)C)c1cnc[nH]1. The monoisotopic (exact) mass is 211 g/mol. The smallest absolute Gasteiger partial charge is 0.320 e. The van der Waals surface area contributed by atoms with Crippen molar-refractivity contribution in [2.75, 3.05) is 0 Å². The molecule has 0 saturated carbocycles. The van der Waals surface area contributed by atoms with Crippen LogP contribution in [0.25, 0.3) is 0 Å². The highest BCUT2D eigenvalue weighted by atomic mass is 16.4. The Balaban J connectivity index is 2.63. The van der Waals surface area contributed by atoms with Crippen LogP contribution in [0.2, 0.25) is 0 Å². The van der Waals surface area contributed by atoms with Gasteiger partial charge in [0.15, 0.2) is 0 Å². The molecule has 5 nitrogen and oxygen atoms in total. The second kappa shape index (κ2) is 4.93. The van der Waals surface area contributed by atoms with E-state index in [2.05, 4.69) is 15.3 Å². The molecule has 1 heterocycles. The summed E-state index contributed by atoms with van der Waals surface area (Å²) in [4.78, 5) is 17.8. The molecule has 2 atom stereocenters. The third kappa shape index (κ3) is 3.06. The van der Waals surface area contributed by atoms with Crippen LogP contribution in [-0.4, -0.2) is 27.1 Å². The summed E-state index contributed by atoms with van der Waals surface area (Å²) in [6.45, 7) is 5.67. The third-order valence-corrected chi connectivity index (χ3v) is 2.35. The van der Waals surface area contributed by atoms with E-state index in [9.17, 15) is 4.79 Å². The summed E-state index contributed by atoms with van der Waals surface area (Å²) in [7, 11) is 0. The molecule has 5 heteroatoms.